The molecule has 0 spiro atoms. The Bertz CT molecular complexity index is 597. The summed E-state index contributed by atoms with van der Waals surface area (Å²) >= 11 is 0. The van der Waals surface area contributed by atoms with E-state index >= 15 is 0 Å². The van der Waals surface area contributed by atoms with Crippen LogP contribution in [0.2, 0.25) is 0 Å². The van der Waals surface area contributed by atoms with E-state index in [1.807, 2.05) is 60.7 Å². The van der Waals surface area contributed by atoms with Crippen molar-refractivity contribution in [2.75, 3.05) is 4.90 Å². The smallest absolute Gasteiger partial charge is 0.274 e. The summed E-state index contributed by atoms with van der Waals surface area (Å²) in [5, 5.41) is 10.6. The van der Waals surface area contributed by atoms with E-state index in [4.69, 9.17) is 5.73 Å². The number of benzene rings is 2. The van der Waals surface area contributed by atoms with Crippen molar-refractivity contribution in [2.24, 2.45) is 5.73 Å². The molecule has 0 unspecified atom stereocenters. The molecular weight excluding hydrogens is 254 g/mol. The van der Waals surface area contributed by atoms with Gasteiger partial charge in [-0.1, -0.05) is 48.5 Å². The summed E-state index contributed by atoms with van der Waals surface area (Å²) in [5.41, 5.74) is 7.68. The Balaban J connectivity index is 2.32. The highest BCUT2D eigenvalue weighted by molar-refractivity contribution is 5.51. The van der Waals surface area contributed by atoms with E-state index in [9.17, 15) is 10.1 Å². The van der Waals surface area contributed by atoms with Crippen LogP contribution in [-0.2, 0) is 6.54 Å². The van der Waals surface area contributed by atoms with E-state index < -0.39 is 4.92 Å². The summed E-state index contributed by atoms with van der Waals surface area (Å²) in [4.78, 5) is 11.8. The number of hydrogen-bond acceptors (Lipinski definition) is 4. The van der Waals surface area contributed by atoms with Gasteiger partial charge in [-0.25, -0.2) is 0 Å². The quantitative estimate of drug-likeness (QED) is 0.669. The second kappa shape index (κ2) is 6.38. The molecule has 0 heterocycles. The van der Waals surface area contributed by atoms with E-state index in [1.54, 1.807) is 4.90 Å². The largest absolute Gasteiger partial charge is 0.380 e. The highest BCUT2D eigenvalue weighted by Gasteiger charge is 2.12. The standard InChI is InChI=1S/C15H15N3O2/c16-15(12-18(19)20)17(14-9-5-2-6-10-14)11-13-7-3-1-4-8-13/h1-10,12H,11,16H2/b15-12+. The van der Waals surface area contributed by atoms with Gasteiger partial charge in [0.05, 0.1) is 4.92 Å². The van der Waals surface area contributed by atoms with Crippen molar-refractivity contribution in [3.8, 4) is 0 Å². The summed E-state index contributed by atoms with van der Waals surface area (Å²) in [7, 11) is 0. The van der Waals surface area contributed by atoms with Crippen molar-refractivity contribution in [3.05, 3.63) is 88.4 Å². The minimum Gasteiger partial charge on any atom is -0.380 e. The molecular formula is C15H15N3O2. The molecule has 0 radical (unpaired) electrons. The molecule has 0 saturated carbocycles. The van der Waals surface area contributed by atoms with Crippen LogP contribution in [0.3, 0.4) is 0 Å². The lowest BCUT2D eigenvalue weighted by molar-refractivity contribution is -0.403. The predicted octanol–water partition coefficient (Wildman–Crippen LogP) is 2.73. The van der Waals surface area contributed by atoms with Gasteiger partial charge < -0.3 is 10.6 Å². The normalized spacial score (nSPS) is 11.1. The van der Waals surface area contributed by atoms with Crippen LogP contribution >= 0.6 is 0 Å². The van der Waals surface area contributed by atoms with Gasteiger partial charge in [0.25, 0.3) is 6.20 Å². The van der Waals surface area contributed by atoms with Gasteiger partial charge in [0.2, 0.25) is 0 Å². The zero-order valence-corrected chi connectivity index (χ0v) is 10.8. The van der Waals surface area contributed by atoms with E-state index in [0.717, 1.165) is 17.5 Å². The first kappa shape index (κ1) is 13.6. The third-order valence-corrected chi connectivity index (χ3v) is 2.80. The number of anilines is 1. The van der Waals surface area contributed by atoms with Crippen molar-refractivity contribution in [3.63, 3.8) is 0 Å². The van der Waals surface area contributed by atoms with Gasteiger partial charge in [0, 0.05) is 12.2 Å². The highest BCUT2D eigenvalue weighted by atomic mass is 16.6. The van der Waals surface area contributed by atoms with Gasteiger partial charge >= 0.3 is 0 Å². The fraction of sp³-hybridized carbons (Fsp3) is 0.0667. The fourth-order valence-corrected chi connectivity index (χ4v) is 1.88. The Morgan fingerprint density at radius 2 is 1.65 bits per heavy atom. The van der Waals surface area contributed by atoms with Gasteiger partial charge in [0.15, 0.2) is 5.82 Å². The molecule has 0 amide bonds. The third-order valence-electron chi connectivity index (χ3n) is 2.80. The molecule has 0 saturated heterocycles. The SMILES string of the molecule is N/C(=C\[N+](=O)[O-])N(Cc1ccccc1)c1ccccc1. The average Bonchev–Trinajstić information content (AvgIpc) is 2.46. The average molecular weight is 269 g/mol. The lowest BCUT2D eigenvalue weighted by Gasteiger charge is -2.23. The van der Waals surface area contributed by atoms with Crippen molar-refractivity contribution in [2.45, 2.75) is 6.54 Å². The summed E-state index contributed by atoms with van der Waals surface area (Å²) in [5.74, 6) is 0.102. The van der Waals surface area contributed by atoms with Gasteiger partial charge in [-0.05, 0) is 17.7 Å². The Labute approximate surface area is 117 Å². The summed E-state index contributed by atoms with van der Waals surface area (Å²) < 4.78 is 0. The van der Waals surface area contributed by atoms with E-state index in [0.29, 0.717) is 6.54 Å². The summed E-state index contributed by atoms with van der Waals surface area (Å²) in [6, 6.07) is 19.0. The van der Waals surface area contributed by atoms with E-state index in [2.05, 4.69) is 0 Å². The minimum absolute atomic E-state index is 0.102. The molecule has 0 fully saturated rings. The Hall–Kier alpha value is -2.82. The first-order valence-electron chi connectivity index (χ1n) is 6.14. The molecule has 2 aromatic rings. The van der Waals surface area contributed by atoms with Crippen LogP contribution in [0.5, 0.6) is 0 Å². The molecule has 0 bridgehead atoms. The van der Waals surface area contributed by atoms with Crippen molar-refractivity contribution < 1.29 is 4.92 Å². The first-order valence-corrected chi connectivity index (χ1v) is 6.14. The van der Waals surface area contributed by atoms with E-state index in [-0.39, 0.29) is 5.82 Å². The monoisotopic (exact) mass is 269 g/mol. The van der Waals surface area contributed by atoms with E-state index in [1.165, 1.54) is 0 Å². The predicted molar refractivity (Wildman–Crippen MR) is 78.3 cm³/mol. The number of nitrogens with zero attached hydrogens (tertiary/aromatic N) is 2. The second-order valence-corrected chi connectivity index (χ2v) is 4.25. The summed E-state index contributed by atoms with van der Waals surface area (Å²) in [6.45, 7) is 0.473. The summed E-state index contributed by atoms with van der Waals surface area (Å²) in [6.07, 6.45) is 0.815. The van der Waals surface area contributed by atoms with Crippen LogP contribution in [0.4, 0.5) is 5.69 Å². The first-order chi connectivity index (χ1) is 9.66. The molecule has 5 heteroatoms. The Morgan fingerprint density at radius 1 is 1.10 bits per heavy atom. The molecule has 0 atom stereocenters. The van der Waals surface area contributed by atoms with Crippen molar-refractivity contribution in [1.82, 2.24) is 0 Å². The highest BCUT2D eigenvalue weighted by Crippen LogP contribution is 2.19. The van der Waals surface area contributed by atoms with Crippen LogP contribution in [0, 0.1) is 10.1 Å². The third kappa shape index (κ3) is 3.58. The van der Waals surface area contributed by atoms with Crippen LogP contribution in [-0.4, -0.2) is 4.92 Å². The molecule has 2 N–H and O–H groups in total. The fourth-order valence-electron chi connectivity index (χ4n) is 1.88. The lowest BCUT2D eigenvalue weighted by atomic mass is 10.2. The zero-order chi connectivity index (χ0) is 14.4. The molecule has 0 aliphatic carbocycles. The number of para-hydroxylation sites is 1. The molecule has 0 aromatic heterocycles. The molecule has 20 heavy (non-hydrogen) atoms. The molecule has 2 aromatic carbocycles. The number of rotatable bonds is 5. The molecule has 102 valence electrons. The van der Waals surface area contributed by atoms with Gasteiger partial charge in [-0.3, -0.25) is 10.1 Å². The van der Waals surface area contributed by atoms with Crippen molar-refractivity contribution >= 4 is 5.69 Å². The Morgan fingerprint density at radius 3 is 2.20 bits per heavy atom. The van der Waals surface area contributed by atoms with Crippen LogP contribution in [0.25, 0.3) is 0 Å². The van der Waals surface area contributed by atoms with Crippen LogP contribution in [0.1, 0.15) is 5.56 Å². The molecule has 5 nitrogen and oxygen atoms in total. The van der Waals surface area contributed by atoms with Crippen LogP contribution in [0.15, 0.2) is 72.7 Å². The number of nitro groups is 1. The topological polar surface area (TPSA) is 72.4 Å². The lowest BCUT2D eigenvalue weighted by Crippen LogP contribution is -2.27. The van der Waals surface area contributed by atoms with Gasteiger partial charge in [-0.2, -0.15) is 0 Å². The second-order valence-electron chi connectivity index (χ2n) is 4.25. The number of nitrogens with two attached hydrogens (primary N) is 1. The maximum Gasteiger partial charge on any atom is 0.274 e. The molecule has 2 rings (SSSR count). The Kier molecular flexibility index (Phi) is 4.34. The number of hydrogen-bond donors (Lipinski definition) is 1. The van der Waals surface area contributed by atoms with Crippen LogP contribution < -0.4 is 10.6 Å². The maximum absolute atomic E-state index is 10.6. The zero-order valence-electron chi connectivity index (χ0n) is 10.8. The molecule has 0 aliphatic heterocycles. The minimum atomic E-state index is -0.545. The molecule has 0 aliphatic rings. The van der Waals surface area contributed by atoms with Gasteiger partial charge in [0.1, 0.15) is 0 Å². The maximum atomic E-state index is 10.6. The van der Waals surface area contributed by atoms with Crippen molar-refractivity contribution in [1.29, 1.82) is 0 Å². The van der Waals surface area contributed by atoms with Gasteiger partial charge in [-0.15, -0.1) is 0 Å².